The van der Waals surface area contributed by atoms with Gasteiger partial charge in [-0.2, -0.15) is 5.26 Å². The van der Waals surface area contributed by atoms with E-state index in [-0.39, 0.29) is 0 Å². The first-order chi connectivity index (χ1) is 9.51. The Kier molecular flexibility index (Phi) is 4.46. The van der Waals surface area contributed by atoms with Gasteiger partial charge in [-0.25, -0.2) is 0 Å². The Morgan fingerprint density at radius 2 is 1.95 bits per heavy atom. The molecule has 0 saturated carbocycles. The van der Waals surface area contributed by atoms with E-state index in [2.05, 4.69) is 66.3 Å². The van der Waals surface area contributed by atoms with Crippen molar-refractivity contribution in [2.24, 2.45) is 0 Å². The summed E-state index contributed by atoms with van der Waals surface area (Å²) >= 11 is 3.44. The summed E-state index contributed by atoms with van der Waals surface area (Å²) in [6.07, 6.45) is 0. The third kappa shape index (κ3) is 3.20. The van der Waals surface area contributed by atoms with Crippen LogP contribution in [0, 0.1) is 18.3 Å². The zero-order chi connectivity index (χ0) is 14.7. The molecule has 2 rings (SSSR count). The molecule has 0 aliphatic rings. The smallest absolute Gasteiger partial charge is 0.0992 e. The summed E-state index contributed by atoms with van der Waals surface area (Å²) in [7, 11) is 0. The number of nitriles is 1. The van der Waals surface area contributed by atoms with Gasteiger partial charge >= 0.3 is 0 Å². The lowest BCUT2D eigenvalue weighted by Gasteiger charge is -2.17. The molecule has 0 saturated heterocycles. The number of benzene rings is 2. The minimum Gasteiger partial charge on any atom is -0.355 e. The molecule has 2 aromatic carbocycles. The third-order valence-electron chi connectivity index (χ3n) is 3.22. The van der Waals surface area contributed by atoms with Crippen LogP contribution in [0.15, 0.2) is 40.9 Å². The van der Waals surface area contributed by atoms with Crippen LogP contribution in [0.25, 0.3) is 0 Å². The van der Waals surface area contributed by atoms with Crippen molar-refractivity contribution < 1.29 is 0 Å². The van der Waals surface area contributed by atoms with E-state index in [0.717, 1.165) is 15.8 Å². The third-order valence-corrected chi connectivity index (χ3v) is 3.68. The Morgan fingerprint density at radius 1 is 1.20 bits per heavy atom. The number of rotatable bonds is 3. The second kappa shape index (κ2) is 6.11. The Hall–Kier alpha value is -1.79. The zero-order valence-corrected chi connectivity index (χ0v) is 13.5. The first-order valence-electron chi connectivity index (χ1n) is 6.58. The Bertz CT molecular complexity index is 669. The molecule has 0 heterocycles. The maximum Gasteiger partial charge on any atom is 0.0992 e. The van der Waals surface area contributed by atoms with Gasteiger partial charge in [0.25, 0.3) is 0 Å². The van der Waals surface area contributed by atoms with Gasteiger partial charge in [-0.1, -0.05) is 48.0 Å². The maximum atomic E-state index is 9.05. The van der Waals surface area contributed by atoms with E-state index < -0.39 is 0 Å². The molecule has 0 aliphatic heterocycles. The summed E-state index contributed by atoms with van der Waals surface area (Å²) in [6, 6.07) is 14.2. The molecule has 102 valence electrons. The number of nitrogens with one attached hydrogen (secondary N) is 1. The van der Waals surface area contributed by atoms with E-state index in [1.807, 2.05) is 18.2 Å². The van der Waals surface area contributed by atoms with Crippen LogP contribution < -0.4 is 5.32 Å². The molecular formula is C17H17BrN2. The van der Waals surface area contributed by atoms with Crippen molar-refractivity contribution in [1.29, 1.82) is 5.26 Å². The fourth-order valence-electron chi connectivity index (χ4n) is 2.21. The van der Waals surface area contributed by atoms with Gasteiger partial charge in [-0.15, -0.1) is 0 Å². The average Bonchev–Trinajstić information content (AvgIpc) is 2.40. The first kappa shape index (κ1) is 14.6. The Balaban J connectivity index is 2.45. The van der Waals surface area contributed by atoms with Crippen LogP contribution in [0.1, 0.15) is 36.5 Å². The highest BCUT2D eigenvalue weighted by atomic mass is 79.9. The van der Waals surface area contributed by atoms with Gasteiger partial charge in [0, 0.05) is 15.8 Å². The van der Waals surface area contributed by atoms with Crippen LogP contribution in [0.5, 0.6) is 0 Å². The van der Waals surface area contributed by atoms with E-state index in [1.54, 1.807) is 0 Å². The lowest BCUT2D eigenvalue weighted by atomic mass is 9.98. The molecule has 20 heavy (non-hydrogen) atoms. The summed E-state index contributed by atoms with van der Waals surface area (Å²) in [6.45, 7) is 6.46. The molecule has 0 bridgehead atoms. The molecule has 2 nitrogen and oxygen atoms in total. The van der Waals surface area contributed by atoms with Gasteiger partial charge in [0.05, 0.1) is 11.6 Å². The van der Waals surface area contributed by atoms with Crippen LogP contribution in [-0.4, -0.2) is 0 Å². The highest BCUT2D eigenvalue weighted by molar-refractivity contribution is 9.10. The van der Waals surface area contributed by atoms with E-state index in [9.17, 15) is 0 Å². The molecule has 0 atom stereocenters. The minimum atomic E-state index is 0.444. The number of para-hydroxylation sites is 1. The molecule has 0 aromatic heterocycles. The predicted octanol–water partition coefficient (Wildman–Crippen LogP) is 5.50. The zero-order valence-electron chi connectivity index (χ0n) is 11.9. The summed E-state index contributed by atoms with van der Waals surface area (Å²) < 4.78 is 0.902. The first-order valence-corrected chi connectivity index (χ1v) is 7.38. The molecular weight excluding hydrogens is 312 g/mol. The Morgan fingerprint density at radius 3 is 2.60 bits per heavy atom. The van der Waals surface area contributed by atoms with Crippen molar-refractivity contribution >= 4 is 27.3 Å². The molecule has 0 radical (unpaired) electrons. The van der Waals surface area contributed by atoms with Crippen molar-refractivity contribution in [3.05, 3.63) is 57.6 Å². The quantitative estimate of drug-likeness (QED) is 0.807. The van der Waals surface area contributed by atoms with E-state index in [0.29, 0.717) is 11.5 Å². The second-order valence-corrected chi connectivity index (χ2v) is 6.07. The fourth-order valence-corrected chi connectivity index (χ4v) is 2.71. The molecule has 3 heteroatoms. The fraction of sp³-hybridized carbons (Fsp3) is 0.235. The SMILES string of the molecule is Cc1cccc(C(C)C)c1Nc1cc(Br)cc(C#N)c1. The van der Waals surface area contributed by atoms with Crippen LogP contribution in [0.3, 0.4) is 0 Å². The molecule has 0 fully saturated rings. The van der Waals surface area contributed by atoms with Gasteiger partial charge in [0.15, 0.2) is 0 Å². The van der Waals surface area contributed by atoms with E-state index >= 15 is 0 Å². The van der Waals surface area contributed by atoms with Gasteiger partial charge < -0.3 is 5.32 Å². The van der Waals surface area contributed by atoms with E-state index in [1.165, 1.54) is 11.1 Å². The number of anilines is 2. The number of hydrogen-bond acceptors (Lipinski definition) is 2. The van der Waals surface area contributed by atoms with Crippen LogP contribution in [-0.2, 0) is 0 Å². The molecule has 0 amide bonds. The van der Waals surface area contributed by atoms with Crippen LogP contribution in [0.4, 0.5) is 11.4 Å². The summed E-state index contributed by atoms with van der Waals surface area (Å²) in [5, 5.41) is 12.5. The lowest BCUT2D eigenvalue weighted by Crippen LogP contribution is -2.00. The lowest BCUT2D eigenvalue weighted by molar-refractivity contribution is 0.867. The molecule has 0 aliphatic carbocycles. The van der Waals surface area contributed by atoms with Crippen molar-refractivity contribution in [3.63, 3.8) is 0 Å². The second-order valence-electron chi connectivity index (χ2n) is 5.16. The van der Waals surface area contributed by atoms with Crippen molar-refractivity contribution in [3.8, 4) is 6.07 Å². The molecule has 1 N–H and O–H groups in total. The largest absolute Gasteiger partial charge is 0.355 e. The standard InChI is InChI=1S/C17H17BrN2/c1-11(2)16-6-4-5-12(3)17(16)20-15-8-13(10-19)7-14(18)9-15/h4-9,11,20H,1-3H3. The molecule has 2 aromatic rings. The minimum absolute atomic E-state index is 0.444. The number of hydrogen-bond donors (Lipinski definition) is 1. The highest BCUT2D eigenvalue weighted by Crippen LogP contribution is 2.31. The van der Waals surface area contributed by atoms with Gasteiger partial charge in [-0.05, 0) is 42.2 Å². The number of halogens is 1. The summed E-state index contributed by atoms with van der Waals surface area (Å²) in [4.78, 5) is 0. The van der Waals surface area contributed by atoms with Crippen molar-refractivity contribution in [2.75, 3.05) is 5.32 Å². The van der Waals surface area contributed by atoms with Crippen LogP contribution >= 0.6 is 15.9 Å². The monoisotopic (exact) mass is 328 g/mol. The van der Waals surface area contributed by atoms with Gasteiger partial charge in [-0.3, -0.25) is 0 Å². The van der Waals surface area contributed by atoms with Gasteiger partial charge in [0.2, 0.25) is 0 Å². The van der Waals surface area contributed by atoms with E-state index in [4.69, 9.17) is 5.26 Å². The molecule has 0 unspecified atom stereocenters. The normalized spacial score (nSPS) is 10.4. The topological polar surface area (TPSA) is 35.8 Å². The maximum absolute atomic E-state index is 9.05. The average molecular weight is 329 g/mol. The van der Waals surface area contributed by atoms with Gasteiger partial charge in [0.1, 0.15) is 0 Å². The summed E-state index contributed by atoms with van der Waals surface area (Å²) in [5.41, 5.74) is 5.18. The highest BCUT2D eigenvalue weighted by Gasteiger charge is 2.10. The number of aryl methyl sites for hydroxylation is 1. The van der Waals surface area contributed by atoms with Crippen molar-refractivity contribution in [1.82, 2.24) is 0 Å². The summed E-state index contributed by atoms with van der Waals surface area (Å²) in [5.74, 6) is 0.444. The molecule has 0 spiro atoms. The predicted molar refractivity (Wildman–Crippen MR) is 87.4 cm³/mol. The Labute approximate surface area is 128 Å². The van der Waals surface area contributed by atoms with Crippen molar-refractivity contribution in [2.45, 2.75) is 26.7 Å². The van der Waals surface area contributed by atoms with Crippen LogP contribution in [0.2, 0.25) is 0 Å². The number of nitrogens with zero attached hydrogens (tertiary/aromatic N) is 1.